The van der Waals surface area contributed by atoms with Gasteiger partial charge in [-0.05, 0) is 71.2 Å². The third-order valence-electron chi connectivity index (χ3n) is 9.17. The Labute approximate surface area is 301 Å². The van der Waals surface area contributed by atoms with Crippen molar-refractivity contribution >= 4 is 65.0 Å². The number of aromatic nitrogens is 1. The van der Waals surface area contributed by atoms with Crippen LogP contribution in [-0.2, 0) is 0 Å². The number of amidine groups is 2. The lowest BCUT2D eigenvalue weighted by molar-refractivity contribution is 0.756. The van der Waals surface area contributed by atoms with Crippen LogP contribution in [0.15, 0.2) is 180 Å². The molecule has 1 aliphatic rings. The summed E-state index contributed by atoms with van der Waals surface area (Å²) in [5.74, 6) is 1.23. The number of nitrogens with zero attached hydrogens (tertiary/aromatic N) is 3. The van der Waals surface area contributed by atoms with E-state index in [2.05, 4.69) is 53.8 Å². The number of aliphatic imine (C=N–C) groups is 2. The summed E-state index contributed by atoms with van der Waals surface area (Å²) in [5, 5.41) is 6.34. The van der Waals surface area contributed by atoms with E-state index in [9.17, 15) is 0 Å². The quantitative estimate of drug-likeness (QED) is 0.195. The van der Waals surface area contributed by atoms with E-state index < -0.39 is 6.17 Å². The molecule has 1 unspecified atom stereocenters. The van der Waals surface area contributed by atoms with Crippen LogP contribution in [0.25, 0.3) is 58.8 Å². The fourth-order valence-corrected chi connectivity index (χ4v) is 7.92. The second-order valence-electron chi connectivity index (χ2n) is 12.2. The molecule has 0 saturated carbocycles. The predicted octanol–water partition coefficient (Wildman–Crippen LogP) is 11.3. The number of benzene rings is 7. The topological polar surface area (TPSA) is 41.7 Å². The highest BCUT2D eigenvalue weighted by Gasteiger charge is 2.23. The number of fused-ring (bicyclic) bond motifs is 6. The molecule has 5 heteroatoms. The molecule has 0 amide bonds. The summed E-state index contributed by atoms with van der Waals surface area (Å²) in [6, 6.07) is 42.6. The van der Waals surface area contributed by atoms with E-state index in [0.717, 1.165) is 33.2 Å². The van der Waals surface area contributed by atoms with E-state index >= 15 is 0 Å². The number of hydrogen-bond acceptors (Lipinski definition) is 4. The lowest BCUT2D eigenvalue weighted by Crippen LogP contribution is -2.36. The summed E-state index contributed by atoms with van der Waals surface area (Å²) in [5.41, 5.74) is 5.50. The molecular formula is C45H30N4S. The van der Waals surface area contributed by atoms with Crippen LogP contribution < -0.4 is 5.32 Å². The first-order valence-corrected chi connectivity index (χ1v) is 17.2. The molecule has 0 radical (unpaired) electrons. The Morgan fingerprint density at radius 3 is 1.92 bits per heavy atom. The van der Waals surface area contributed by atoms with Gasteiger partial charge >= 0.3 is 0 Å². The first-order valence-electron chi connectivity index (χ1n) is 19.4. The summed E-state index contributed by atoms with van der Waals surface area (Å²) in [4.78, 5) is 10.3. The molecule has 1 aliphatic heterocycles. The van der Waals surface area contributed by atoms with Crippen molar-refractivity contribution in [3.63, 3.8) is 0 Å². The Kier molecular flexibility index (Phi) is 5.41. The molecular weight excluding hydrogens is 629 g/mol. The SMILES string of the molecule is [2H]c1cc([2H])c2c(c1[2H])c1c([2H])c([2H])cc([2H])c1n2-c1cc(C2=NC(c3ccccc3)N=C(c3ccc4sc5ccccc5c4c3)N2)cc(-c2ccccc2)c1. The summed E-state index contributed by atoms with van der Waals surface area (Å²) in [6.07, 6.45) is -0.558. The third kappa shape index (κ3) is 4.82. The molecule has 1 N–H and O–H groups in total. The molecule has 0 fully saturated rings. The number of thiophene rings is 1. The van der Waals surface area contributed by atoms with Gasteiger partial charge in [-0.15, -0.1) is 11.3 Å². The number of rotatable bonds is 5. The van der Waals surface area contributed by atoms with Crippen LogP contribution in [0.1, 0.15) is 31.1 Å². The Morgan fingerprint density at radius 2 is 1.16 bits per heavy atom. The van der Waals surface area contributed by atoms with Gasteiger partial charge in [0.1, 0.15) is 11.7 Å². The van der Waals surface area contributed by atoms with Crippen molar-refractivity contribution in [3.05, 3.63) is 186 Å². The van der Waals surface area contributed by atoms with Gasteiger partial charge in [-0.2, -0.15) is 0 Å². The summed E-state index contributed by atoms with van der Waals surface area (Å²) in [7, 11) is 0. The van der Waals surface area contributed by atoms with Gasteiger partial charge in [-0.3, -0.25) is 0 Å². The molecule has 3 heterocycles. The minimum atomic E-state index is -0.558. The second-order valence-corrected chi connectivity index (χ2v) is 13.3. The number of hydrogen-bond donors (Lipinski definition) is 1. The van der Waals surface area contributed by atoms with Crippen LogP contribution in [0.4, 0.5) is 0 Å². The highest BCUT2D eigenvalue weighted by Crippen LogP contribution is 2.36. The first kappa shape index (κ1) is 23.1. The minimum Gasteiger partial charge on any atom is -0.324 e. The van der Waals surface area contributed by atoms with Crippen molar-refractivity contribution in [2.75, 3.05) is 0 Å². The zero-order valence-corrected chi connectivity index (χ0v) is 27.3. The number of nitrogens with one attached hydrogen (secondary N) is 1. The second kappa shape index (κ2) is 11.7. The van der Waals surface area contributed by atoms with E-state index in [-0.39, 0.29) is 47.0 Å². The zero-order chi connectivity index (χ0) is 38.2. The Balaban J connectivity index is 1.22. The summed E-state index contributed by atoms with van der Waals surface area (Å²) in [6.45, 7) is 0. The van der Waals surface area contributed by atoms with E-state index in [1.807, 2.05) is 72.8 Å². The van der Waals surface area contributed by atoms with Gasteiger partial charge in [0.25, 0.3) is 0 Å². The average Bonchev–Trinajstić information content (AvgIpc) is 3.80. The molecule has 4 nitrogen and oxygen atoms in total. The highest BCUT2D eigenvalue weighted by atomic mass is 32.1. The first-order chi connectivity index (χ1) is 27.2. The fourth-order valence-electron chi connectivity index (χ4n) is 6.84. The maximum Gasteiger partial charge on any atom is 0.169 e. The monoisotopic (exact) mass is 664 g/mol. The van der Waals surface area contributed by atoms with Gasteiger partial charge in [-0.25, -0.2) is 9.98 Å². The van der Waals surface area contributed by atoms with Gasteiger partial charge in [0.2, 0.25) is 0 Å². The smallest absolute Gasteiger partial charge is 0.169 e. The predicted molar refractivity (Wildman–Crippen MR) is 211 cm³/mol. The Morgan fingerprint density at radius 1 is 0.520 bits per heavy atom. The molecule has 0 saturated heterocycles. The van der Waals surface area contributed by atoms with Crippen molar-refractivity contribution in [2.24, 2.45) is 9.98 Å². The largest absolute Gasteiger partial charge is 0.324 e. The van der Waals surface area contributed by atoms with E-state index in [0.29, 0.717) is 28.4 Å². The summed E-state index contributed by atoms with van der Waals surface area (Å²) >= 11 is 1.76. The van der Waals surface area contributed by atoms with Crippen LogP contribution >= 0.6 is 11.3 Å². The molecule has 1 atom stereocenters. The number of para-hydroxylation sites is 2. The van der Waals surface area contributed by atoms with Crippen LogP contribution in [0, 0.1) is 0 Å². The van der Waals surface area contributed by atoms with Gasteiger partial charge < -0.3 is 9.88 Å². The molecule has 10 rings (SSSR count). The van der Waals surface area contributed by atoms with Crippen molar-refractivity contribution in [1.29, 1.82) is 0 Å². The highest BCUT2D eigenvalue weighted by molar-refractivity contribution is 7.25. The third-order valence-corrected chi connectivity index (χ3v) is 10.3. The van der Waals surface area contributed by atoms with Crippen molar-refractivity contribution in [2.45, 2.75) is 6.17 Å². The molecule has 0 spiro atoms. The maximum absolute atomic E-state index is 9.08. The van der Waals surface area contributed by atoms with Gasteiger partial charge in [-0.1, -0.05) is 115 Å². The Bertz CT molecular complexity index is 3060. The lowest BCUT2D eigenvalue weighted by atomic mass is 10.0. The summed E-state index contributed by atoms with van der Waals surface area (Å²) < 4.78 is 57.1. The van der Waals surface area contributed by atoms with Crippen molar-refractivity contribution in [3.8, 4) is 16.8 Å². The molecule has 2 aromatic heterocycles. The van der Waals surface area contributed by atoms with E-state index in [1.54, 1.807) is 15.9 Å². The molecule has 0 aliphatic carbocycles. The molecule has 0 bridgehead atoms. The van der Waals surface area contributed by atoms with E-state index in [4.69, 9.17) is 18.2 Å². The molecule has 236 valence electrons. The van der Waals surface area contributed by atoms with Crippen molar-refractivity contribution < 1.29 is 8.22 Å². The van der Waals surface area contributed by atoms with Crippen molar-refractivity contribution in [1.82, 2.24) is 9.88 Å². The molecule has 7 aromatic carbocycles. The molecule has 9 aromatic rings. The lowest BCUT2D eigenvalue weighted by Gasteiger charge is -2.23. The Hall–Kier alpha value is -6.30. The van der Waals surface area contributed by atoms with Gasteiger partial charge in [0, 0.05) is 47.8 Å². The van der Waals surface area contributed by atoms with Crippen LogP contribution in [-0.4, -0.2) is 16.2 Å². The van der Waals surface area contributed by atoms with Crippen LogP contribution in [0.3, 0.4) is 0 Å². The van der Waals surface area contributed by atoms with E-state index in [1.165, 1.54) is 26.9 Å². The minimum absolute atomic E-state index is 0.0164. The van der Waals surface area contributed by atoms with Crippen LogP contribution in [0.5, 0.6) is 0 Å². The standard InChI is InChI=1S/C45H30N4S/c1-3-13-29(14-4-1)32-25-33(27-34(26-32)49-39-20-10-7-17-35(39)36-18-8-11-21-40(36)49)45-47-43(30-15-5-2-6-16-30)46-44(48-45)31-23-24-42-38(28-31)37-19-9-12-22-41(37)50-42/h1-28,43H,(H,46,47,48)/i7D,8D,17D,18D,20D,21D. The normalized spacial score (nSPS) is 16.3. The fraction of sp³-hybridized carbons (Fsp3) is 0.0222. The average molecular weight is 665 g/mol. The van der Waals surface area contributed by atoms with Gasteiger partial charge in [0.15, 0.2) is 6.17 Å². The molecule has 50 heavy (non-hydrogen) atoms. The van der Waals surface area contributed by atoms with Gasteiger partial charge in [0.05, 0.1) is 19.3 Å². The maximum atomic E-state index is 9.08. The van der Waals surface area contributed by atoms with Crippen LogP contribution in [0.2, 0.25) is 0 Å². The zero-order valence-electron chi connectivity index (χ0n) is 32.5.